The van der Waals surface area contributed by atoms with E-state index in [4.69, 9.17) is 15.0 Å². The van der Waals surface area contributed by atoms with Gasteiger partial charge in [-0.2, -0.15) is 0 Å². The highest BCUT2D eigenvalue weighted by atomic mass is 32.1. The number of para-hydroxylation sites is 4. The molecule has 12 aromatic rings. The van der Waals surface area contributed by atoms with Gasteiger partial charge in [-0.25, -0.2) is 15.0 Å². The molecule has 0 radical (unpaired) electrons. The third-order valence-electron chi connectivity index (χ3n) is 10.6. The number of nitrogens with zero attached hydrogens (tertiary/aromatic N) is 5. The van der Waals surface area contributed by atoms with Crippen LogP contribution >= 0.6 is 11.3 Å². The van der Waals surface area contributed by atoms with Crippen molar-refractivity contribution in [2.75, 3.05) is 0 Å². The summed E-state index contributed by atoms with van der Waals surface area (Å²) in [5, 5.41) is 8.39. The topological polar surface area (TPSA) is 48.0 Å². The molecule has 5 nitrogen and oxygen atoms in total. The summed E-state index contributed by atoms with van der Waals surface area (Å²) in [6, 6.07) is 52.0. The molecule has 5 aromatic heterocycles. The molecule has 7 aromatic carbocycles. The van der Waals surface area contributed by atoms with Crippen LogP contribution in [0.4, 0.5) is 0 Å². The van der Waals surface area contributed by atoms with Crippen molar-refractivity contribution >= 4 is 92.4 Å². The molecule has 0 aliphatic heterocycles. The third-order valence-corrected chi connectivity index (χ3v) is 11.4. The quantitative estimate of drug-likeness (QED) is 0.188. The lowest BCUT2D eigenvalue weighted by molar-refractivity contribution is 1.18. The lowest BCUT2D eigenvalue weighted by Crippen LogP contribution is -1.96. The second-order valence-electron chi connectivity index (χ2n) is 13.3. The van der Waals surface area contributed by atoms with Gasteiger partial charge in [0, 0.05) is 54.5 Å². The monoisotopic (exact) mass is 667 g/mol. The second-order valence-corrected chi connectivity index (χ2v) is 14.1. The fourth-order valence-corrected chi connectivity index (χ4v) is 9.25. The van der Waals surface area contributed by atoms with Crippen LogP contribution in [0.2, 0.25) is 0 Å². The second kappa shape index (κ2) is 9.97. The summed E-state index contributed by atoms with van der Waals surface area (Å²) >= 11 is 1.71. The van der Waals surface area contributed by atoms with Crippen molar-refractivity contribution in [2.24, 2.45) is 0 Å². The Balaban J connectivity index is 1.11. The van der Waals surface area contributed by atoms with Crippen LogP contribution in [0.5, 0.6) is 0 Å². The Morgan fingerprint density at radius 3 is 2.02 bits per heavy atom. The first-order valence-electron chi connectivity index (χ1n) is 17.1. The van der Waals surface area contributed by atoms with Crippen LogP contribution in [0.25, 0.3) is 109 Å². The van der Waals surface area contributed by atoms with Gasteiger partial charge in [-0.3, -0.25) is 0 Å². The largest absolute Gasteiger partial charge is 0.309 e. The number of benzene rings is 7. The maximum Gasteiger partial charge on any atom is 0.160 e. The van der Waals surface area contributed by atoms with Crippen molar-refractivity contribution < 1.29 is 0 Å². The molecule has 236 valence electrons. The van der Waals surface area contributed by atoms with Gasteiger partial charge in [0.2, 0.25) is 0 Å². The van der Waals surface area contributed by atoms with Crippen LogP contribution < -0.4 is 0 Å². The van der Waals surface area contributed by atoms with E-state index in [1.54, 1.807) is 11.3 Å². The fourth-order valence-electron chi connectivity index (χ4n) is 8.42. The zero-order valence-electron chi connectivity index (χ0n) is 27.1. The van der Waals surface area contributed by atoms with Crippen LogP contribution in [-0.4, -0.2) is 23.9 Å². The number of thiazole rings is 1. The Labute approximate surface area is 294 Å². The van der Waals surface area contributed by atoms with Gasteiger partial charge in [0.1, 0.15) is 0 Å². The summed E-state index contributed by atoms with van der Waals surface area (Å²) in [5.74, 6) is 0.715. The molecule has 0 bridgehead atoms. The van der Waals surface area contributed by atoms with E-state index in [0.29, 0.717) is 5.82 Å². The maximum atomic E-state index is 5.37. The van der Waals surface area contributed by atoms with E-state index in [0.717, 1.165) is 38.9 Å². The minimum absolute atomic E-state index is 0.715. The molecule has 0 aliphatic carbocycles. The van der Waals surface area contributed by atoms with Gasteiger partial charge in [0.15, 0.2) is 5.82 Å². The highest BCUT2D eigenvalue weighted by Gasteiger charge is 2.22. The van der Waals surface area contributed by atoms with Crippen molar-refractivity contribution in [3.63, 3.8) is 0 Å². The molecule has 0 saturated carbocycles. The number of hydrogen-bond donors (Lipinski definition) is 0. The number of hydrogen-bond acceptors (Lipinski definition) is 4. The summed E-state index contributed by atoms with van der Waals surface area (Å²) < 4.78 is 5.99. The van der Waals surface area contributed by atoms with Crippen LogP contribution in [-0.2, 0) is 0 Å². The van der Waals surface area contributed by atoms with Crippen molar-refractivity contribution in [1.82, 2.24) is 23.9 Å². The molecule has 0 atom stereocenters. The Morgan fingerprint density at radius 1 is 0.471 bits per heavy atom. The summed E-state index contributed by atoms with van der Waals surface area (Å²) in [6.07, 6.45) is 0. The molecule has 0 aliphatic rings. The fraction of sp³-hybridized carbons (Fsp3) is 0. The van der Waals surface area contributed by atoms with Gasteiger partial charge in [-0.05, 0) is 66.7 Å². The standard InChI is InChI=1S/C45H25N5S/c1-2-10-28(11-3-1)49-37-16-8-5-12-29(37)32-22-26(18-20-39(32)49)42-31-14-4-7-15-35(31)47-45(48-42)27-19-21-40-34(23-27)41-43-33(24-36-44(41)51-25-46-36)30-13-6-9-17-38(30)50(40)43/h1-25H. The van der Waals surface area contributed by atoms with Crippen LogP contribution in [0.1, 0.15) is 0 Å². The third kappa shape index (κ3) is 3.66. The molecule has 0 fully saturated rings. The van der Waals surface area contributed by atoms with Crippen LogP contribution in [0.3, 0.4) is 0 Å². The normalized spacial score (nSPS) is 12.3. The summed E-state index contributed by atoms with van der Waals surface area (Å²) in [7, 11) is 0. The molecule has 12 rings (SSSR count). The van der Waals surface area contributed by atoms with Crippen LogP contribution in [0, 0.1) is 0 Å². The van der Waals surface area contributed by atoms with Gasteiger partial charge in [-0.15, -0.1) is 11.3 Å². The van der Waals surface area contributed by atoms with Gasteiger partial charge >= 0.3 is 0 Å². The SMILES string of the molecule is c1ccc(-n2c3ccccc3c3cc(-c4nc(-c5ccc6c(c5)c5c7scnc7cc7c8ccccc8n6c75)nc5ccccc45)ccc32)cc1. The molecule has 0 spiro atoms. The summed E-state index contributed by atoms with van der Waals surface area (Å²) in [5.41, 5.74) is 14.1. The molecular weight excluding hydrogens is 643 g/mol. The van der Waals surface area contributed by atoms with Crippen molar-refractivity contribution in [1.29, 1.82) is 0 Å². The first kappa shape index (κ1) is 27.2. The van der Waals surface area contributed by atoms with E-state index >= 15 is 0 Å². The van der Waals surface area contributed by atoms with Crippen molar-refractivity contribution in [2.45, 2.75) is 0 Å². The lowest BCUT2D eigenvalue weighted by Gasteiger charge is -2.11. The highest BCUT2D eigenvalue weighted by molar-refractivity contribution is 7.18. The van der Waals surface area contributed by atoms with E-state index in [1.165, 1.54) is 64.6 Å². The minimum atomic E-state index is 0.715. The molecule has 0 unspecified atom stereocenters. The van der Waals surface area contributed by atoms with E-state index in [9.17, 15) is 0 Å². The van der Waals surface area contributed by atoms with Gasteiger partial charge in [-0.1, -0.05) is 78.9 Å². The molecule has 0 saturated heterocycles. The first-order chi connectivity index (χ1) is 25.3. The zero-order chi connectivity index (χ0) is 33.2. The van der Waals surface area contributed by atoms with Crippen molar-refractivity contribution in [3.8, 4) is 28.3 Å². The first-order valence-corrected chi connectivity index (χ1v) is 18.0. The smallest absolute Gasteiger partial charge is 0.160 e. The molecule has 51 heavy (non-hydrogen) atoms. The zero-order valence-corrected chi connectivity index (χ0v) is 27.9. The Kier molecular flexibility index (Phi) is 5.32. The predicted molar refractivity (Wildman–Crippen MR) is 213 cm³/mol. The van der Waals surface area contributed by atoms with E-state index in [2.05, 4.69) is 155 Å². The molecule has 0 amide bonds. The number of rotatable bonds is 3. The van der Waals surface area contributed by atoms with E-state index in [-0.39, 0.29) is 0 Å². The van der Waals surface area contributed by atoms with Gasteiger partial charge in [0.25, 0.3) is 0 Å². The van der Waals surface area contributed by atoms with E-state index in [1.807, 2.05) is 5.51 Å². The minimum Gasteiger partial charge on any atom is -0.309 e. The molecule has 0 N–H and O–H groups in total. The lowest BCUT2D eigenvalue weighted by atomic mass is 10.0. The molecule has 5 heterocycles. The highest BCUT2D eigenvalue weighted by Crippen LogP contribution is 2.45. The van der Waals surface area contributed by atoms with Crippen LogP contribution in [0.15, 0.2) is 151 Å². The number of aromatic nitrogens is 5. The Bertz CT molecular complexity index is 3370. The average Bonchev–Trinajstić information content (AvgIpc) is 3.96. The average molecular weight is 668 g/mol. The predicted octanol–water partition coefficient (Wildman–Crippen LogP) is 11.8. The van der Waals surface area contributed by atoms with Gasteiger partial charge in [0.05, 0.1) is 54.5 Å². The maximum absolute atomic E-state index is 5.37. The van der Waals surface area contributed by atoms with Gasteiger partial charge < -0.3 is 8.97 Å². The molecule has 6 heteroatoms. The summed E-state index contributed by atoms with van der Waals surface area (Å²) in [6.45, 7) is 0. The van der Waals surface area contributed by atoms with Crippen molar-refractivity contribution in [3.05, 3.63) is 151 Å². The Morgan fingerprint density at radius 2 is 1.14 bits per heavy atom. The van der Waals surface area contributed by atoms with E-state index < -0.39 is 0 Å². The summed E-state index contributed by atoms with van der Waals surface area (Å²) in [4.78, 5) is 15.3. The Hall–Kier alpha value is -6.63. The molecular formula is C45H25N5S. The number of fused-ring (bicyclic) bond motifs is 12.